The van der Waals surface area contributed by atoms with Crippen LogP contribution in [0.3, 0.4) is 0 Å². The van der Waals surface area contributed by atoms with Gasteiger partial charge in [-0.2, -0.15) is 10.5 Å². The van der Waals surface area contributed by atoms with Crippen molar-refractivity contribution >= 4 is 15.6 Å². The van der Waals surface area contributed by atoms with Gasteiger partial charge >= 0.3 is 0 Å². The Bertz CT molecular complexity index is 837. The topological polar surface area (TPSA) is 98.8 Å². The van der Waals surface area contributed by atoms with E-state index >= 15 is 0 Å². The van der Waals surface area contributed by atoms with E-state index in [-0.39, 0.29) is 28.9 Å². The van der Waals surface area contributed by atoms with Gasteiger partial charge in [0.1, 0.15) is 23.0 Å². The molecule has 0 amide bonds. The molecule has 0 aromatic heterocycles. The average Bonchev–Trinajstić information content (AvgIpc) is 2.47. The first kappa shape index (κ1) is 16.9. The van der Waals surface area contributed by atoms with Gasteiger partial charge < -0.3 is 0 Å². The van der Waals surface area contributed by atoms with E-state index in [9.17, 15) is 13.2 Å². The van der Waals surface area contributed by atoms with Crippen LogP contribution in [0.5, 0.6) is 0 Å². The van der Waals surface area contributed by atoms with E-state index in [0.717, 1.165) is 0 Å². The largest absolute Gasteiger partial charge is 0.298 e. The minimum Gasteiger partial charge on any atom is -0.298 e. The van der Waals surface area contributed by atoms with Gasteiger partial charge in [0.05, 0.1) is 4.90 Å². The molecule has 1 aliphatic rings. The zero-order valence-corrected chi connectivity index (χ0v) is 13.7. The molecule has 1 atom stereocenters. The zero-order valence-electron chi connectivity index (χ0n) is 12.9. The van der Waals surface area contributed by atoms with Gasteiger partial charge in [-0.05, 0) is 29.5 Å². The summed E-state index contributed by atoms with van der Waals surface area (Å²) in [5, 5.41) is 16.9. The second-order valence-corrected chi connectivity index (χ2v) is 8.38. The molecule has 0 heterocycles. The molecule has 0 saturated heterocycles. The van der Waals surface area contributed by atoms with Crippen LogP contribution in [0, 0.1) is 28.1 Å². The van der Waals surface area contributed by atoms with Crippen LogP contribution >= 0.6 is 0 Å². The van der Waals surface area contributed by atoms with Crippen molar-refractivity contribution in [3.8, 4) is 12.1 Å². The number of carbonyl (C=O) groups is 1. The van der Waals surface area contributed by atoms with E-state index in [1.165, 1.54) is 12.1 Å². The Hall–Kier alpha value is -2.44. The molecule has 0 N–H and O–H groups in total. The molecule has 0 radical (unpaired) electrons. The van der Waals surface area contributed by atoms with Crippen LogP contribution in [0.25, 0.3) is 0 Å². The highest BCUT2D eigenvalue weighted by Gasteiger charge is 2.45. The lowest BCUT2D eigenvalue weighted by Gasteiger charge is -2.35. The van der Waals surface area contributed by atoms with Gasteiger partial charge in [-0.3, -0.25) is 4.79 Å². The van der Waals surface area contributed by atoms with Gasteiger partial charge in [-0.1, -0.05) is 32.0 Å². The van der Waals surface area contributed by atoms with Crippen molar-refractivity contribution in [3.05, 3.63) is 41.5 Å². The number of allylic oxidation sites excluding steroid dienone is 1. The number of sulfone groups is 1. The third-order valence-corrected chi connectivity index (χ3v) is 5.95. The molecule has 1 unspecified atom stereocenters. The molecule has 0 bridgehead atoms. The standard InChI is InChI=1S/C17H16N2O3S/c1-17(2)8-14(12(10-18)11-19)16(15(20)9-17)23(21,22)13-6-4-3-5-7-13/h3-7,16H,8-9H2,1-2H3. The van der Waals surface area contributed by atoms with E-state index in [1.807, 2.05) is 13.8 Å². The summed E-state index contributed by atoms with van der Waals surface area (Å²) in [6.07, 6.45) is 0.323. The highest BCUT2D eigenvalue weighted by Crippen LogP contribution is 2.41. The Morgan fingerprint density at radius 3 is 2.22 bits per heavy atom. The molecule has 23 heavy (non-hydrogen) atoms. The number of hydrogen-bond acceptors (Lipinski definition) is 5. The highest BCUT2D eigenvalue weighted by atomic mass is 32.2. The maximum Gasteiger partial charge on any atom is 0.192 e. The summed E-state index contributed by atoms with van der Waals surface area (Å²) in [4.78, 5) is 12.6. The van der Waals surface area contributed by atoms with Gasteiger partial charge in [-0.15, -0.1) is 0 Å². The Balaban J connectivity index is 2.68. The zero-order chi connectivity index (χ0) is 17.3. The van der Waals surface area contributed by atoms with Crippen molar-refractivity contribution in [3.63, 3.8) is 0 Å². The molecule has 0 aliphatic heterocycles. The lowest BCUT2D eigenvalue weighted by molar-refractivity contribution is -0.121. The van der Waals surface area contributed by atoms with Gasteiger partial charge in [0, 0.05) is 6.42 Å². The number of nitrogens with zero attached hydrogens (tertiary/aromatic N) is 2. The third kappa shape index (κ3) is 3.18. The highest BCUT2D eigenvalue weighted by molar-refractivity contribution is 7.93. The molecule has 6 heteroatoms. The molecular formula is C17H16N2O3S. The van der Waals surface area contributed by atoms with Crippen molar-refractivity contribution in [2.45, 2.75) is 36.8 Å². The van der Waals surface area contributed by atoms with E-state index in [4.69, 9.17) is 10.5 Å². The van der Waals surface area contributed by atoms with Crippen molar-refractivity contribution in [2.24, 2.45) is 5.41 Å². The number of nitriles is 2. The van der Waals surface area contributed by atoms with Crippen molar-refractivity contribution in [2.75, 3.05) is 0 Å². The van der Waals surface area contributed by atoms with Crippen LogP contribution in [0.2, 0.25) is 0 Å². The Morgan fingerprint density at radius 1 is 1.13 bits per heavy atom. The summed E-state index contributed by atoms with van der Waals surface area (Å²) in [7, 11) is -3.99. The summed E-state index contributed by atoms with van der Waals surface area (Å²) >= 11 is 0. The number of benzene rings is 1. The Kier molecular flexibility index (Phi) is 4.40. The van der Waals surface area contributed by atoms with E-state index in [0.29, 0.717) is 0 Å². The predicted molar refractivity (Wildman–Crippen MR) is 83.7 cm³/mol. The second kappa shape index (κ2) is 5.98. The van der Waals surface area contributed by atoms with E-state index < -0.39 is 26.3 Å². The quantitative estimate of drug-likeness (QED) is 0.777. The SMILES string of the molecule is CC1(C)CC(=O)C(S(=O)(=O)c2ccccc2)C(=C(C#N)C#N)C1. The van der Waals surface area contributed by atoms with Crippen LogP contribution in [0.4, 0.5) is 0 Å². The molecule has 1 aromatic carbocycles. The first-order valence-corrected chi connectivity index (χ1v) is 8.62. The van der Waals surface area contributed by atoms with E-state index in [2.05, 4.69) is 0 Å². The Morgan fingerprint density at radius 2 is 1.70 bits per heavy atom. The molecule has 1 fully saturated rings. The monoisotopic (exact) mass is 328 g/mol. The number of hydrogen-bond donors (Lipinski definition) is 0. The summed E-state index contributed by atoms with van der Waals surface area (Å²) in [5.74, 6) is -0.469. The number of ketones is 1. The van der Waals surface area contributed by atoms with Gasteiger partial charge in [0.2, 0.25) is 0 Å². The molecule has 0 spiro atoms. The fourth-order valence-corrected chi connectivity index (χ4v) is 4.74. The molecule has 2 rings (SSSR count). The molecular weight excluding hydrogens is 312 g/mol. The molecule has 118 valence electrons. The summed E-state index contributed by atoms with van der Waals surface area (Å²) in [6, 6.07) is 11.1. The maximum atomic E-state index is 12.9. The normalized spacial score (nSPS) is 20.4. The van der Waals surface area contributed by atoms with Crippen molar-refractivity contribution in [1.82, 2.24) is 0 Å². The van der Waals surface area contributed by atoms with Gasteiger partial charge in [0.25, 0.3) is 0 Å². The first-order chi connectivity index (χ1) is 10.7. The fourth-order valence-electron chi connectivity index (χ4n) is 2.92. The molecule has 1 aromatic rings. The van der Waals surface area contributed by atoms with Gasteiger partial charge in [-0.25, -0.2) is 8.42 Å². The van der Waals surface area contributed by atoms with E-state index in [1.54, 1.807) is 30.3 Å². The minimum absolute atomic E-state index is 0.0192. The summed E-state index contributed by atoms with van der Waals surface area (Å²) < 4.78 is 25.8. The lowest BCUT2D eigenvalue weighted by atomic mass is 9.73. The van der Waals surface area contributed by atoms with Crippen molar-refractivity contribution < 1.29 is 13.2 Å². The molecule has 5 nitrogen and oxygen atoms in total. The maximum absolute atomic E-state index is 12.9. The van der Waals surface area contributed by atoms with Crippen LogP contribution in [-0.4, -0.2) is 19.5 Å². The number of Topliss-reactive ketones (excluding diaryl/α,β-unsaturated/α-hetero) is 1. The summed E-state index contributed by atoms with van der Waals surface area (Å²) in [6.45, 7) is 3.64. The minimum atomic E-state index is -3.99. The first-order valence-electron chi connectivity index (χ1n) is 7.08. The molecule has 1 saturated carbocycles. The van der Waals surface area contributed by atoms with Gasteiger partial charge in [0.15, 0.2) is 15.6 Å². The number of carbonyl (C=O) groups excluding carboxylic acids is 1. The van der Waals surface area contributed by atoms with Crippen molar-refractivity contribution in [1.29, 1.82) is 10.5 Å². The third-order valence-electron chi connectivity index (χ3n) is 3.86. The average molecular weight is 328 g/mol. The van der Waals surface area contributed by atoms with Crippen LogP contribution in [0.1, 0.15) is 26.7 Å². The second-order valence-electron chi connectivity index (χ2n) is 6.35. The van der Waals surface area contributed by atoms with Crippen LogP contribution < -0.4 is 0 Å². The van der Waals surface area contributed by atoms with Crippen LogP contribution in [-0.2, 0) is 14.6 Å². The predicted octanol–water partition coefficient (Wildman–Crippen LogP) is 2.56. The summed E-state index contributed by atoms with van der Waals surface area (Å²) in [5.41, 5.74) is -0.649. The van der Waals surface area contributed by atoms with Crippen LogP contribution in [0.15, 0.2) is 46.4 Å². The molecule has 1 aliphatic carbocycles. The lowest BCUT2D eigenvalue weighted by Crippen LogP contribution is -2.41. The number of rotatable bonds is 2. The Labute approximate surface area is 135 Å². The fraction of sp³-hybridized carbons (Fsp3) is 0.353. The smallest absolute Gasteiger partial charge is 0.192 e.